The van der Waals surface area contributed by atoms with Crippen LogP contribution in [0.5, 0.6) is 5.75 Å². The van der Waals surface area contributed by atoms with Crippen LogP contribution in [-0.2, 0) is 27.3 Å². The predicted molar refractivity (Wildman–Crippen MR) is 158 cm³/mol. The molecule has 1 N–H and O–H groups in total. The lowest BCUT2D eigenvalue weighted by Gasteiger charge is -2.27. The molecule has 4 aromatic rings. The number of rotatable bonds is 8. The standard InChI is InChI=1S/C32H33FN4O3S/c1-20-27(29(38)39-5)28(37-30(34-20)35-31(36-37)41-19-23-8-6-7-9-26(23)33)22-12-16-25(17-13-22)40-18-21-10-14-24(15-11-21)32(2,3)4/h6-17,28H,18-19H2,1-5H3,(H,34,35,36). The highest BCUT2D eigenvalue weighted by Crippen LogP contribution is 2.37. The number of anilines is 1. The molecule has 1 aliphatic heterocycles. The maximum absolute atomic E-state index is 14.1. The Balaban J connectivity index is 1.36. The molecule has 0 aliphatic carbocycles. The first-order valence-electron chi connectivity index (χ1n) is 13.3. The molecule has 0 amide bonds. The van der Waals surface area contributed by atoms with Gasteiger partial charge in [0.25, 0.3) is 0 Å². The fraction of sp³-hybridized carbons (Fsp3) is 0.281. The molecule has 1 aromatic heterocycles. The van der Waals surface area contributed by atoms with Crippen molar-refractivity contribution in [1.29, 1.82) is 0 Å². The van der Waals surface area contributed by atoms with Gasteiger partial charge in [0.15, 0.2) is 0 Å². The zero-order chi connectivity index (χ0) is 29.1. The van der Waals surface area contributed by atoms with Gasteiger partial charge in [-0.05, 0) is 52.8 Å². The summed E-state index contributed by atoms with van der Waals surface area (Å²) >= 11 is 1.33. The normalized spacial score (nSPS) is 14.8. The average Bonchev–Trinajstić information content (AvgIpc) is 3.37. The minimum atomic E-state index is -0.562. The van der Waals surface area contributed by atoms with Gasteiger partial charge in [-0.3, -0.25) is 0 Å². The van der Waals surface area contributed by atoms with Crippen LogP contribution in [0, 0.1) is 5.82 Å². The minimum absolute atomic E-state index is 0.100. The Hall–Kier alpha value is -4.11. The summed E-state index contributed by atoms with van der Waals surface area (Å²) in [5.74, 6) is 0.857. The number of thioether (sulfide) groups is 1. The second-order valence-corrected chi connectivity index (χ2v) is 11.8. The van der Waals surface area contributed by atoms with Crippen LogP contribution in [0.1, 0.15) is 56.0 Å². The molecule has 0 radical (unpaired) electrons. The molecular weight excluding hydrogens is 539 g/mol. The molecule has 212 valence electrons. The molecule has 5 rings (SSSR count). The lowest BCUT2D eigenvalue weighted by Crippen LogP contribution is -2.29. The molecule has 2 heterocycles. The van der Waals surface area contributed by atoms with Gasteiger partial charge < -0.3 is 14.8 Å². The lowest BCUT2D eigenvalue weighted by molar-refractivity contribution is -0.136. The highest BCUT2D eigenvalue weighted by molar-refractivity contribution is 7.98. The topological polar surface area (TPSA) is 78.3 Å². The number of hydrogen-bond donors (Lipinski definition) is 1. The highest BCUT2D eigenvalue weighted by Gasteiger charge is 2.35. The Bertz CT molecular complexity index is 1570. The summed E-state index contributed by atoms with van der Waals surface area (Å²) in [4.78, 5) is 17.5. The molecule has 0 saturated heterocycles. The molecule has 0 fully saturated rings. The molecule has 9 heteroatoms. The van der Waals surface area contributed by atoms with Gasteiger partial charge in [-0.1, -0.05) is 87.1 Å². The Labute approximate surface area is 243 Å². The molecule has 41 heavy (non-hydrogen) atoms. The van der Waals surface area contributed by atoms with Crippen molar-refractivity contribution in [1.82, 2.24) is 14.8 Å². The second-order valence-electron chi connectivity index (χ2n) is 10.9. The Kier molecular flexibility index (Phi) is 8.17. The first-order chi connectivity index (χ1) is 19.6. The fourth-order valence-electron chi connectivity index (χ4n) is 4.65. The molecule has 1 atom stereocenters. The van der Waals surface area contributed by atoms with Crippen molar-refractivity contribution in [2.24, 2.45) is 0 Å². The molecule has 3 aromatic carbocycles. The minimum Gasteiger partial charge on any atom is -0.489 e. The molecule has 0 saturated carbocycles. The number of carbonyl (C=O) groups is 1. The second kappa shape index (κ2) is 11.8. The van der Waals surface area contributed by atoms with E-state index in [1.165, 1.54) is 30.5 Å². The number of nitrogens with one attached hydrogen (secondary N) is 1. The van der Waals surface area contributed by atoms with Crippen LogP contribution >= 0.6 is 11.8 Å². The number of nitrogens with zero attached hydrogens (tertiary/aromatic N) is 3. The van der Waals surface area contributed by atoms with E-state index in [0.717, 1.165) is 11.1 Å². The number of ether oxygens (including phenoxy) is 2. The van der Waals surface area contributed by atoms with E-state index in [9.17, 15) is 9.18 Å². The van der Waals surface area contributed by atoms with Gasteiger partial charge >= 0.3 is 5.97 Å². The van der Waals surface area contributed by atoms with Crippen LogP contribution < -0.4 is 10.1 Å². The summed E-state index contributed by atoms with van der Waals surface area (Å²) in [7, 11) is 1.36. The number of halogens is 1. The Morgan fingerprint density at radius 2 is 1.76 bits per heavy atom. The summed E-state index contributed by atoms with van der Waals surface area (Å²) in [6, 6.07) is 22.1. The van der Waals surface area contributed by atoms with Crippen molar-refractivity contribution in [3.05, 3.63) is 112 Å². The van der Waals surface area contributed by atoms with Crippen molar-refractivity contribution >= 4 is 23.7 Å². The van der Waals surface area contributed by atoms with Gasteiger partial charge in [-0.2, -0.15) is 4.98 Å². The van der Waals surface area contributed by atoms with Crippen LogP contribution in [0.2, 0.25) is 0 Å². The van der Waals surface area contributed by atoms with E-state index in [1.54, 1.807) is 22.9 Å². The fourth-order valence-corrected chi connectivity index (χ4v) is 5.46. The van der Waals surface area contributed by atoms with E-state index in [0.29, 0.717) is 46.0 Å². The zero-order valence-corrected chi connectivity index (χ0v) is 24.6. The number of allylic oxidation sites excluding steroid dienone is 1. The maximum Gasteiger partial charge on any atom is 0.338 e. The SMILES string of the molecule is COC(=O)C1=C(C)Nc2nc(SCc3ccccc3F)nn2C1c1ccc(OCc2ccc(C(C)(C)C)cc2)cc1. The maximum atomic E-state index is 14.1. The monoisotopic (exact) mass is 572 g/mol. The number of methoxy groups -OCH3 is 1. The van der Waals surface area contributed by atoms with E-state index >= 15 is 0 Å². The lowest BCUT2D eigenvalue weighted by atomic mass is 9.87. The summed E-state index contributed by atoms with van der Waals surface area (Å²) in [6.45, 7) is 8.83. The number of aromatic nitrogens is 3. The van der Waals surface area contributed by atoms with E-state index in [2.05, 4.69) is 60.4 Å². The molecule has 1 aliphatic rings. The summed E-state index contributed by atoms with van der Waals surface area (Å²) in [5, 5.41) is 8.33. The van der Waals surface area contributed by atoms with Crippen molar-refractivity contribution in [3.63, 3.8) is 0 Å². The summed E-state index contributed by atoms with van der Waals surface area (Å²) < 4.78 is 27.0. The van der Waals surface area contributed by atoms with Crippen LogP contribution in [0.15, 0.2) is 89.2 Å². The average molecular weight is 573 g/mol. The molecular formula is C32H33FN4O3S. The van der Waals surface area contributed by atoms with Gasteiger partial charge in [-0.25, -0.2) is 13.9 Å². The number of esters is 1. The predicted octanol–water partition coefficient (Wildman–Crippen LogP) is 7.05. The van der Waals surface area contributed by atoms with Crippen LogP contribution in [0.3, 0.4) is 0 Å². The number of fused-ring (bicyclic) bond motifs is 1. The van der Waals surface area contributed by atoms with Crippen molar-refractivity contribution in [2.75, 3.05) is 12.4 Å². The zero-order valence-electron chi connectivity index (χ0n) is 23.8. The third-order valence-electron chi connectivity index (χ3n) is 6.97. The van der Waals surface area contributed by atoms with Gasteiger partial charge in [-0.15, -0.1) is 5.10 Å². The number of carbonyl (C=O) groups excluding carboxylic acids is 1. The van der Waals surface area contributed by atoms with Gasteiger partial charge in [0, 0.05) is 11.4 Å². The van der Waals surface area contributed by atoms with E-state index in [1.807, 2.05) is 31.2 Å². The first kappa shape index (κ1) is 28.4. The number of hydrogen-bond acceptors (Lipinski definition) is 7. The van der Waals surface area contributed by atoms with Gasteiger partial charge in [0.1, 0.15) is 24.2 Å². The Morgan fingerprint density at radius 1 is 1.05 bits per heavy atom. The van der Waals surface area contributed by atoms with E-state index < -0.39 is 12.0 Å². The van der Waals surface area contributed by atoms with Crippen molar-refractivity contribution < 1.29 is 18.7 Å². The quantitative estimate of drug-likeness (QED) is 0.179. The largest absolute Gasteiger partial charge is 0.489 e. The number of benzene rings is 3. The van der Waals surface area contributed by atoms with E-state index in [-0.39, 0.29) is 11.2 Å². The van der Waals surface area contributed by atoms with Crippen LogP contribution in [0.25, 0.3) is 0 Å². The van der Waals surface area contributed by atoms with Crippen LogP contribution in [-0.4, -0.2) is 27.8 Å². The van der Waals surface area contributed by atoms with E-state index in [4.69, 9.17) is 9.47 Å². The molecule has 0 spiro atoms. The first-order valence-corrected chi connectivity index (χ1v) is 14.3. The Morgan fingerprint density at radius 3 is 2.41 bits per heavy atom. The third kappa shape index (κ3) is 6.30. The van der Waals surface area contributed by atoms with Crippen molar-refractivity contribution in [2.45, 2.75) is 56.7 Å². The van der Waals surface area contributed by atoms with Gasteiger partial charge in [0.2, 0.25) is 11.1 Å². The van der Waals surface area contributed by atoms with Crippen molar-refractivity contribution in [3.8, 4) is 5.75 Å². The van der Waals surface area contributed by atoms with Crippen LogP contribution in [0.4, 0.5) is 10.3 Å². The molecule has 1 unspecified atom stereocenters. The van der Waals surface area contributed by atoms with Gasteiger partial charge in [0.05, 0.1) is 12.7 Å². The highest BCUT2D eigenvalue weighted by atomic mass is 32.2. The smallest absolute Gasteiger partial charge is 0.338 e. The molecule has 7 nitrogen and oxygen atoms in total. The summed E-state index contributed by atoms with van der Waals surface area (Å²) in [5.41, 5.74) is 4.92. The third-order valence-corrected chi connectivity index (χ3v) is 7.86. The summed E-state index contributed by atoms with van der Waals surface area (Å²) in [6.07, 6.45) is 0. The molecule has 0 bridgehead atoms.